The van der Waals surface area contributed by atoms with Crippen LogP contribution < -0.4 is 10.6 Å². The number of likely N-dealkylation sites (N-methyl/N-ethyl adjacent to an activating group) is 1. The fourth-order valence-corrected chi connectivity index (χ4v) is 3.09. The molecule has 0 radical (unpaired) electrons. The molecule has 2 aromatic heterocycles. The molecule has 0 saturated carbocycles. The van der Waals surface area contributed by atoms with Crippen molar-refractivity contribution < 1.29 is 0 Å². The van der Waals surface area contributed by atoms with E-state index in [0.717, 1.165) is 43.3 Å². The summed E-state index contributed by atoms with van der Waals surface area (Å²) in [6.07, 6.45) is 4.09. The van der Waals surface area contributed by atoms with Crippen LogP contribution in [0.5, 0.6) is 0 Å². The van der Waals surface area contributed by atoms with Gasteiger partial charge in [0.1, 0.15) is 0 Å². The Morgan fingerprint density at radius 1 is 1.30 bits per heavy atom. The van der Waals surface area contributed by atoms with Crippen molar-refractivity contribution in [3.05, 3.63) is 17.3 Å². The summed E-state index contributed by atoms with van der Waals surface area (Å²) in [7, 11) is 4.22. The zero-order valence-electron chi connectivity index (χ0n) is 12.7. The first kappa shape index (κ1) is 15.3. The van der Waals surface area contributed by atoms with Gasteiger partial charge >= 0.3 is 0 Å². The van der Waals surface area contributed by atoms with Gasteiger partial charge < -0.3 is 15.5 Å². The molecule has 6 heteroatoms. The third kappa shape index (κ3) is 3.31. The van der Waals surface area contributed by atoms with Gasteiger partial charge in [-0.1, -0.05) is 6.92 Å². The Hall–Kier alpha value is -1.11. The number of aromatic nitrogens is 2. The predicted octanol–water partition coefficient (Wildman–Crippen LogP) is 1.67. The summed E-state index contributed by atoms with van der Waals surface area (Å²) in [5, 5.41) is 2.08. The Labute approximate surface area is 125 Å². The molecule has 2 aromatic rings. The summed E-state index contributed by atoms with van der Waals surface area (Å²) in [5.41, 5.74) is 7.03. The van der Waals surface area contributed by atoms with Crippen LogP contribution in [0.4, 0.5) is 5.82 Å². The molecular weight excluding hydrogens is 270 g/mol. The number of hydrogen-bond acceptors (Lipinski definition) is 5. The maximum absolute atomic E-state index is 5.78. The molecule has 0 atom stereocenters. The van der Waals surface area contributed by atoms with Gasteiger partial charge in [-0.25, -0.2) is 4.98 Å². The quantitative estimate of drug-likeness (QED) is 0.805. The largest absolute Gasteiger partial charge is 0.354 e. The molecule has 0 saturated heterocycles. The third-order valence-electron chi connectivity index (χ3n) is 3.33. The van der Waals surface area contributed by atoms with Crippen molar-refractivity contribution in [1.82, 2.24) is 14.3 Å². The van der Waals surface area contributed by atoms with Crippen LogP contribution in [-0.2, 0) is 6.42 Å². The molecule has 0 aliphatic carbocycles. The van der Waals surface area contributed by atoms with E-state index in [9.17, 15) is 0 Å². The molecule has 0 unspecified atom stereocenters. The molecule has 0 fully saturated rings. The molecule has 2 heterocycles. The van der Waals surface area contributed by atoms with E-state index in [0.29, 0.717) is 6.54 Å². The lowest BCUT2D eigenvalue weighted by molar-refractivity contribution is 0.412. The van der Waals surface area contributed by atoms with Crippen molar-refractivity contribution >= 4 is 22.1 Å². The highest BCUT2D eigenvalue weighted by atomic mass is 32.1. The second kappa shape index (κ2) is 7.06. The SMILES string of the molecule is CCCN(CCN(C)C)c1nc2sccn2c1CCN. The number of thiazole rings is 1. The number of nitrogens with two attached hydrogens (primary N) is 1. The van der Waals surface area contributed by atoms with Crippen molar-refractivity contribution in [2.45, 2.75) is 19.8 Å². The molecule has 112 valence electrons. The van der Waals surface area contributed by atoms with Crippen LogP contribution in [-0.4, -0.2) is 54.6 Å². The molecule has 0 aliphatic rings. The summed E-state index contributed by atoms with van der Waals surface area (Å²) < 4.78 is 2.19. The minimum Gasteiger partial charge on any atom is -0.354 e. The fraction of sp³-hybridized carbons (Fsp3) is 0.643. The highest BCUT2D eigenvalue weighted by molar-refractivity contribution is 7.15. The molecule has 2 N–H and O–H groups in total. The van der Waals surface area contributed by atoms with E-state index < -0.39 is 0 Å². The predicted molar refractivity (Wildman–Crippen MR) is 86.9 cm³/mol. The average molecular weight is 295 g/mol. The van der Waals surface area contributed by atoms with Gasteiger partial charge in [0.05, 0.1) is 5.69 Å². The van der Waals surface area contributed by atoms with Gasteiger partial charge in [0.15, 0.2) is 10.8 Å². The number of hydrogen-bond donors (Lipinski definition) is 1. The normalized spacial score (nSPS) is 11.7. The molecule has 0 spiro atoms. The summed E-state index contributed by atoms with van der Waals surface area (Å²) in [5.74, 6) is 1.12. The molecule has 20 heavy (non-hydrogen) atoms. The van der Waals surface area contributed by atoms with Crippen molar-refractivity contribution in [3.8, 4) is 0 Å². The Bertz CT molecular complexity index is 531. The van der Waals surface area contributed by atoms with Crippen LogP contribution in [0, 0.1) is 0 Å². The first-order chi connectivity index (χ1) is 9.67. The standard InChI is InChI=1S/C14H25N5S/c1-4-7-18(9-8-17(2)3)13-12(5-6-15)19-10-11-20-14(19)16-13/h10-11H,4-9,15H2,1-3H3. The highest BCUT2D eigenvalue weighted by Crippen LogP contribution is 2.25. The van der Waals surface area contributed by atoms with E-state index in [1.165, 1.54) is 5.69 Å². The van der Waals surface area contributed by atoms with E-state index in [1.807, 2.05) is 0 Å². The van der Waals surface area contributed by atoms with Crippen molar-refractivity contribution in [2.24, 2.45) is 5.73 Å². The Morgan fingerprint density at radius 2 is 2.10 bits per heavy atom. The van der Waals surface area contributed by atoms with Gasteiger partial charge in [0.25, 0.3) is 0 Å². The van der Waals surface area contributed by atoms with Gasteiger partial charge in [0, 0.05) is 37.6 Å². The monoisotopic (exact) mass is 295 g/mol. The second-order valence-corrected chi connectivity index (χ2v) is 6.14. The van der Waals surface area contributed by atoms with Crippen molar-refractivity contribution in [3.63, 3.8) is 0 Å². The molecular formula is C14H25N5S. The minimum atomic E-state index is 0.657. The summed E-state index contributed by atoms with van der Waals surface area (Å²) in [6.45, 7) is 5.95. The molecule has 2 rings (SSSR count). The van der Waals surface area contributed by atoms with E-state index in [1.54, 1.807) is 11.3 Å². The average Bonchev–Trinajstić information content (AvgIpc) is 2.97. The van der Waals surface area contributed by atoms with Crippen LogP contribution >= 0.6 is 11.3 Å². The molecule has 0 aliphatic heterocycles. The summed E-state index contributed by atoms with van der Waals surface area (Å²) in [4.78, 5) is 10.5. The molecule has 0 amide bonds. The minimum absolute atomic E-state index is 0.657. The van der Waals surface area contributed by atoms with E-state index >= 15 is 0 Å². The fourth-order valence-electron chi connectivity index (χ4n) is 2.36. The number of nitrogens with zero attached hydrogens (tertiary/aromatic N) is 4. The molecule has 5 nitrogen and oxygen atoms in total. The Balaban J connectivity index is 2.30. The van der Waals surface area contributed by atoms with Crippen LogP contribution in [0.3, 0.4) is 0 Å². The molecule has 0 aromatic carbocycles. The first-order valence-electron chi connectivity index (χ1n) is 7.21. The van der Waals surface area contributed by atoms with Crippen molar-refractivity contribution in [1.29, 1.82) is 0 Å². The zero-order chi connectivity index (χ0) is 14.5. The van der Waals surface area contributed by atoms with Gasteiger partial charge in [-0.15, -0.1) is 11.3 Å². The van der Waals surface area contributed by atoms with Crippen molar-refractivity contribution in [2.75, 3.05) is 45.2 Å². The van der Waals surface area contributed by atoms with Gasteiger partial charge in [-0.3, -0.25) is 4.40 Å². The van der Waals surface area contributed by atoms with E-state index in [-0.39, 0.29) is 0 Å². The van der Waals surface area contributed by atoms with Crippen LogP contribution in [0.2, 0.25) is 0 Å². The smallest absolute Gasteiger partial charge is 0.195 e. The first-order valence-corrected chi connectivity index (χ1v) is 8.09. The number of imidazole rings is 1. The zero-order valence-corrected chi connectivity index (χ0v) is 13.5. The third-order valence-corrected chi connectivity index (χ3v) is 4.09. The van der Waals surface area contributed by atoms with E-state index in [2.05, 4.69) is 46.8 Å². The summed E-state index contributed by atoms with van der Waals surface area (Å²) in [6, 6.07) is 0. The van der Waals surface area contributed by atoms with E-state index in [4.69, 9.17) is 10.7 Å². The topological polar surface area (TPSA) is 49.8 Å². The summed E-state index contributed by atoms with van der Waals surface area (Å²) >= 11 is 1.68. The lowest BCUT2D eigenvalue weighted by Crippen LogP contribution is -2.33. The maximum atomic E-state index is 5.78. The number of rotatable bonds is 8. The lowest BCUT2D eigenvalue weighted by atomic mass is 10.2. The Kier molecular flexibility index (Phi) is 5.39. The van der Waals surface area contributed by atoms with Crippen LogP contribution in [0.15, 0.2) is 11.6 Å². The number of anilines is 1. The maximum Gasteiger partial charge on any atom is 0.195 e. The van der Waals surface area contributed by atoms with Crippen LogP contribution in [0.25, 0.3) is 4.96 Å². The lowest BCUT2D eigenvalue weighted by Gasteiger charge is -2.25. The van der Waals surface area contributed by atoms with Crippen LogP contribution in [0.1, 0.15) is 19.0 Å². The number of fused-ring (bicyclic) bond motifs is 1. The Morgan fingerprint density at radius 3 is 2.75 bits per heavy atom. The van der Waals surface area contributed by atoms with Gasteiger partial charge in [-0.05, 0) is 27.1 Å². The highest BCUT2D eigenvalue weighted by Gasteiger charge is 2.18. The van der Waals surface area contributed by atoms with Gasteiger partial charge in [-0.2, -0.15) is 0 Å². The van der Waals surface area contributed by atoms with Gasteiger partial charge in [0.2, 0.25) is 0 Å². The second-order valence-electron chi connectivity index (χ2n) is 5.27. The molecule has 0 bridgehead atoms.